The van der Waals surface area contributed by atoms with Crippen molar-refractivity contribution in [2.45, 2.75) is 11.8 Å². The number of carbonyl (C=O) groups is 2. The lowest BCUT2D eigenvalue weighted by atomic mass is 10.2. The molecule has 0 saturated carbocycles. The second-order valence-electron chi connectivity index (χ2n) is 6.10. The maximum Gasteiger partial charge on any atom is 0.265 e. The second-order valence-corrected chi connectivity index (χ2v) is 8.50. The molecule has 2 N–H and O–H groups in total. The van der Waals surface area contributed by atoms with E-state index in [2.05, 4.69) is 10.6 Å². The summed E-state index contributed by atoms with van der Waals surface area (Å²) in [7, 11) is 1.53. The Morgan fingerprint density at radius 1 is 1.14 bits per heavy atom. The predicted octanol–water partition coefficient (Wildman–Crippen LogP) is 5.70. The zero-order valence-electron chi connectivity index (χ0n) is 15.8. The number of anilines is 2. The van der Waals surface area contributed by atoms with Gasteiger partial charge in [0.25, 0.3) is 5.91 Å². The van der Waals surface area contributed by atoms with E-state index in [0.717, 1.165) is 10.5 Å². The number of halogens is 1. The van der Waals surface area contributed by atoms with E-state index in [4.69, 9.17) is 16.3 Å². The van der Waals surface area contributed by atoms with Gasteiger partial charge in [0.1, 0.15) is 5.75 Å². The van der Waals surface area contributed by atoms with Crippen molar-refractivity contribution in [2.24, 2.45) is 0 Å². The Morgan fingerprint density at radius 2 is 1.97 bits per heavy atom. The van der Waals surface area contributed by atoms with Crippen LogP contribution in [0.3, 0.4) is 0 Å². The van der Waals surface area contributed by atoms with Crippen LogP contribution in [0.1, 0.15) is 15.2 Å². The van der Waals surface area contributed by atoms with E-state index in [9.17, 15) is 9.59 Å². The number of methoxy groups -OCH3 is 1. The van der Waals surface area contributed by atoms with E-state index in [1.54, 1.807) is 18.2 Å². The molecule has 2 aromatic carbocycles. The first-order chi connectivity index (χ1) is 14.0. The fourth-order valence-corrected chi connectivity index (χ4v) is 4.06. The summed E-state index contributed by atoms with van der Waals surface area (Å²) in [6.07, 6.45) is 0. The van der Waals surface area contributed by atoms with Gasteiger partial charge in [-0.1, -0.05) is 23.7 Å². The van der Waals surface area contributed by atoms with Gasteiger partial charge in [0, 0.05) is 21.7 Å². The van der Waals surface area contributed by atoms with Gasteiger partial charge in [0.15, 0.2) is 0 Å². The van der Waals surface area contributed by atoms with Crippen LogP contribution in [0.5, 0.6) is 5.75 Å². The van der Waals surface area contributed by atoms with Crippen LogP contribution >= 0.6 is 34.7 Å². The molecule has 29 heavy (non-hydrogen) atoms. The third-order valence-electron chi connectivity index (χ3n) is 3.96. The summed E-state index contributed by atoms with van der Waals surface area (Å²) in [5.74, 6) is 0.415. The lowest BCUT2D eigenvalue weighted by Gasteiger charge is -2.12. The zero-order chi connectivity index (χ0) is 20.8. The van der Waals surface area contributed by atoms with E-state index < -0.39 is 0 Å². The highest BCUT2D eigenvalue weighted by Crippen LogP contribution is 2.31. The predicted molar refractivity (Wildman–Crippen MR) is 121 cm³/mol. The molecule has 5 nitrogen and oxygen atoms in total. The normalized spacial score (nSPS) is 10.4. The Hall–Kier alpha value is -2.48. The molecular formula is C21H19ClN2O3S2. The molecule has 0 unspecified atom stereocenters. The van der Waals surface area contributed by atoms with Gasteiger partial charge < -0.3 is 15.4 Å². The number of nitrogens with one attached hydrogen (secondary N) is 2. The molecule has 0 aliphatic carbocycles. The summed E-state index contributed by atoms with van der Waals surface area (Å²) >= 11 is 8.86. The molecule has 0 aliphatic heterocycles. The summed E-state index contributed by atoms with van der Waals surface area (Å²) in [4.78, 5) is 26.1. The van der Waals surface area contributed by atoms with Gasteiger partial charge in [-0.25, -0.2) is 0 Å². The fourth-order valence-electron chi connectivity index (χ4n) is 2.53. The minimum absolute atomic E-state index is 0.148. The van der Waals surface area contributed by atoms with Crippen LogP contribution in [0.25, 0.3) is 0 Å². The Morgan fingerprint density at radius 3 is 2.69 bits per heavy atom. The molecule has 0 spiro atoms. The van der Waals surface area contributed by atoms with E-state index in [1.807, 2.05) is 42.6 Å². The molecule has 0 bridgehead atoms. The highest BCUT2D eigenvalue weighted by atomic mass is 35.5. The lowest BCUT2D eigenvalue weighted by Crippen LogP contribution is -2.15. The van der Waals surface area contributed by atoms with Gasteiger partial charge in [-0.05, 0) is 48.2 Å². The van der Waals surface area contributed by atoms with Gasteiger partial charge in [-0.15, -0.1) is 23.1 Å². The average Bonchev–Trinajstić information content (AvgIpc) is 3.24. The number of benzene rings is 2. The molecular weight excluding hydrogens is 428 g/mol. The number of thioether (sulfide) groups is 1. The molecule has 3 rings (SSSR count). The van der Waals surface area contributed by atoms with Crippen molar-refractivity contribution in [3.8, 4) is 5.75 Å². The molecule has 3 aromatic rings. The topological polar surface area (TPSA) is 67.4 Å². The van der Waals surface area contributed by atoms with Crippen LogP contribution in [-0.4, -0.2) is 24.7 Å². The molecule has 1 aromatic heterocycles. The number of thiophene rings is 1. The highest BCUT2D eigenvalue weighted by molar-refractivity contribution is 8.00. The molecule has 2 amide bonds. The second kappa shape index (κ2) is 9.82. The highest BCUT2D eigenvalue weighted by Gasteiger charge is 2.12. The first kappa shape index (κ1) is 21.2. The molecule has 0 fully saturated rings. The van der Waals surface area contributed by atoms with Gasteiger partial charge in [0.2, 0.25) is 5.91 Å². The van der Waals surface area contributed by atoms with E-state index >= 15 is 0 Å². The van der Waals surface area contributed by atoms with Crippen molar-refractivity contribution >= 4 is 57.9 Å². The van der Waals surface area contributed by atoms with Crippen LogP contribution in [0.15, 0.2) is 58.8 Å². The zero-order valence-corrected chi connectivity index (χ0v) is 18.2. The van der Waals surface area contributed by atoms with Gasteiger partial charge in [-0.2, -0.15) is 0 Å². The minimum Gasteiger partial charge on any atom is -0.495 e. The van der Waals surface area contributed by atoms with Crippen LogP contribution in [0.2, 0.25) is 5.02 Å². The summed E-state index contributed by atoms with van der Waals surface area (Å²) in [5, 5.41) is 8.16. The standard InChI is InChI=1S/C21H19ClN2O3S2/c1-13-9-17(18(27-2)11-16(13)22)24-20(25)12-29-15-6-3-5-14(10-15)23-21(26)19-7-4-8-28-19/h3-11H,12H2,1-2H3,(H,23,26)(H,24,25). The first-order valence-corrected chi connectivity index (χ1v) is 10.9. The van der Waals surface area contributed by atoms with Crippen LogP contribution in [0, 0.1) is 6.92 Å². The van der Waals surface area contributed by atoms with Crippen molar-refractivity contribution in [1.82, 2.24) is 0 Å². The first-order valence-electron chi connectivity index (χ1n) is 8.68. The SMILES string of the molecule is COc1cc(Cl)c(C)cc1NC(=O)CSc1cccc(NC(=O)c2cccs2)c1. The van der Waals surface area contributed by atoms with E-state index in [-0.39, 0.29) is 17.6 Å². The molecule has 0 atom stereocenters. The Kier molecular flexibility index (Phi) is 7.19. The number of ether oxygens (including phenoxy) is 1. The van der Waals surface area contributed by atoms with Crippen LogP contribution in [0.4, 0.5) is 11.4 Å². The summed E-state index contributed by atoms with van der Waals surface area (Å²) in [6, 6.07) is 14.5. The molecule has 0 saturated heterocycles. The van der Waals surface area contributed by atoms with Crippen LogP contribution in [-0.2, 0) is 4.79 Å². The lowest BCUT2D eigenvalue weighted by molar-refractivity contribution is -0.113. The Balaban J connectivity index is 1.59. The van der Waals surface area contributed by atoms with E-state index in [0.29, 0.717) is 27.0 Å². The van der Waals surface area contributed by atoms with Gasteiger partial charge >= 0.3 is 0 Å². The maximum absolute atomic E-state index is 12.4. The van der Waals surface area contributed by atoms with Crippen molar-refractivity contribution in [3.05, 3.63) is 69.4 Å². The van der Waals surface area contributed by atoms with Crippen molar-refractivity contribution in [1.29, 1.82) is 0 Å². The van der Waals surface area contributed by atoms with E-state index in [1.165, 1.54) is 30.2 Å². The molecule has 0 radical (unpaired) electrons. The molecule has 150 valence electrons. The fraction of sp³-hybridized carbons (Fsp3) is 0.143. The van der Waals surface area contributed by atoms with Gasteiger partial charge in [0.05, 0.1) is 23.4 Å². The number of aryl methyl sites for hydroxylation is 1. The van der Waals surface area contributed by atoms with Crippen molar-refractivity contribution in [3.63, 3.8) is 0 Å². The molecule has 1 heterocycles. The summed E-state index contributed by atoms with van der Waals surface area (Å²) < 4.78 is 5.28. The molecule has 8 heteroatoms. The smallest absolute Gasteiger partial charge is 0.265 e. The quantitative estimate of drug-likeness (QED) is 0.456. The van der Waals surface area contributed by atoms with Crippen LogP contribution < -0.4 is 15.4 Å². The third kappa shape index (κ3) is 5.76. The number of hydrogen-bond donors (Lipinski definition) is 2. The number of hydrogen-bond acceptors (Lipinski definition) is 5. The molecule has 0 aliphatic rings. The Bertz CT molecular complexity index is 1020. The summed E-state index contributed by atoms with van der Waals surface area (Å²) in [5.41, 5.74) is 2.12. The van der Waals surface area contributed by atoms with Gasteiger partial charge in [-0.3, -0.25) is 9.59 Å². The largest absolute Gasteiger partial charge is 0.495 e. The Labute approximate surface area is 182 Å². The number of rotatable bonds is 7. The van der Waals surface area contributed by atoms with Crippen molar-refractivity contribution < 1.29 is 14.3 Å². The number of amides is 2. The third-order valence-corrected chi connectivity index (χ3v) is 6.23. The summed E-state index contributed by atoms with van der Waals surface area (Å²) in [6.45, 7) is 1.86. The average molecular weight is 447 g/mol. The minimum atomic E-state index is -0.164. The monoisotopic (exact) mass is 446 g/mol. The maximum atomic E-state index is 12.4. The van der Waals surface area contributed by atoms with Crippen molar-refractivity contribution in [2.75, 3.05) is 23.5 Å². The number of carbonyl (C=O) groups excluding carboxylic acids is 2.